The first-order valence-corrected chi connectivity index (χ1v) is 5.12. The predicted octanol–water partition coefficient (Wildman–Crippen LogP) is 2.30. The number of hydrogen-bond acceptors (Lipinski definition) is 1. The van der Waals surface area contributed by atoms with Crippen LogP contribution in [0.3, 0.4) is 0 Å². The molecule has 0 N–H and O–H groups in total. The van der Waals surface area contributed by atoms with Crippen molar-refractivity contribution in [2.45, 2.75) is 29.6 Å². The molecule has 0 radical (unpaired) electrons. The lowest BCUT2D eigenvalue weighted by Crippen LogP contribution is -2.21. The van der Waals surface area contributed by atoms with E-state index in [2.05, 4.69) is 41.5 Å². The van der Waals surface area contributed by atoms with Gasteiger partial charge in [0.25, 0.3) is 0 Å². The van der Waals surface area contributed by atoms with Crippen molar-refractivity contribution in [3.63, 3.8) is 0 Å². The average Bonchev–Trinajstić information content (AvgIpc) is 2.64. The van der Waals surface area contributed by atoms with Crippen molar-refractivity contribution in [2.24, 2.45) is 0 Å². The van der Waals surface area contributed by atoms with Crippen molar-refractivity contribution in [1.82, 2.24) is 4.90 Å². The summed E-state index contributed by atoms with van der Waals surface area (Å²) >= 11 is 2.61. The number of alkyl halides is 1. The Kier molecular flexibility index (Phi) is 2.98. The summed E-state index contributed by atoms with van der Waals surface area (Å²) in [5.41, 5.74) is 0. The van der Waals surface area contributed by atoms with Crippen LogP contribution in [0.2, 0.25) is 0 Å². The van der Waals surface area contributed by atoms with E-state index in [0.717, 1.165) is 0 Å². The van der Waals surface area contributed by atoms with Gasteiger partial charge in [0, 0.05) is 3.42 Å². The maximum Gasteiger partial charge on any atom is 0.0235 e. The van der Waals surface area contributed by atoms with Crippen molar-refractivity contribution in [3.8, 4) is 0 Å². The van der Waals surface area contributed by atoms with E-state index in [1.807, 2.05) is 0 Å². The van der Waals surface area contributed by atoms with Gasteiger partial charge in [-0.1, -0.05) is 29.5 Å². The van der Waals surface area contributed by atoms with Crippen LogP contribution in [-0.2, 0) is 0 Å². The van der Waals surface area contributed by atoms with Crippen molar-refractivity contribution >= 4 is 22.6 Å². The molecular formula is C8H16IN. The van der Waals surface area contributed by atoms with E-state index in [1.54, 1.807) is 0 Å². The third-order valence-electron chi connectivity index (χ3n) is 2.27. The van der Waals surface area contributed by atoms with Gasteiger partial charge in [-0.15, -0.1) is 0 Å². The molecule has 0 unspecified atom stereocenters. The molecule has 0 atom stereocenters. The van der Waals surface area contributed by atoms with E-state index < -0.39 is 0 Å². The molecule has 0 saturated heterocycles. The SMILES string of the molecule is CCN(C)CCC1(I)CC1. The highest BCUT2D eigenvalue weighted by Gasteiger charge is 2.38. The number of nitrogens with zero attached hydrogens (tertiary/aromatic N) is 1. The van der Waals surface area contributed by atoms with Crippen molar-refractivity contribution in [2.75, 3.05) is 20.1 Å². The highest BCUT2D eigenvalue weighted by atomic mass is 127. The molecule has 0 aromatic rings. The molecule has 1 rings (SSSR count). The van der Waals surface area contributed by atoms with Crippen molar-refractivity contribution in [3.05, 3.63) is 0 Å². The molecule has 0 aromatic heterocycles. The minimum atomic E-state index is 0.710. The van der Waals surface area contributed by atoms with E-state index in [1.165, 1.54) is 32.4 Å². The topological polar surface area (TPSA) is 3.24 Å². The van der Waals surface area contributed by atoms with Crippen molar-refractivity contribution < 1.29 is 0 Å². The lowest BCUT2D eigenvalue weighted by Gasteiger charge is -2.15. The summed E-state index contributed by atoms with van der Waals surface area (Å²) in [5, 5.41) is 0. The third kappa shape index (κ3) is 2.74. The molecule has 0 bridgehead atoms. The van der Waals surface area contributed by atoms with Gasteiger partial charge in [0.2, 0.25) is 0 Å². The van der Waals surface area contributed by atoms with E-state index in [4.69, 9.17) is 0 Å². The first kappa shape index (κ1) is 8.78. The Bertz CT molecular complexity index is 110. The Balaban J connectivity index is 2.04. The van der Waals surface area contributed by atoms with Crippen LogP contribution in [0.4, 0.5) is 0 Å². The molecule has 0 aromatic carbocycles. The molecule has 2 heteroatoms. The molecule has 0 spiro atoms. The molecular weight excluding hydrogens is 237 g/mol. The quantitative estimate of drug-likeness (QED) is 0.549. The summed E-state index contributed by atoms with van der Waals surface area (Å²) in [6.45, 7) is 4.68. The molecule has 0 heterocycles. The zero-order valence-corrected chi connectivity index (χ0v) is 9.02. The molecule has 1 aliphatic carbocycles. The summed E-state index contributed by atoms with van der Waals surface area (Å²) in [6, 6.07) is 0. The van der Waals surface area contributed by atoms with Gasteiger partial charge in [0.15, 0.2) is 0 Å². The Morgan fingerprint density at radius 2 is 2.10 bits per heavy atom. The molecule has 0 aliphatic heterocycles. The minimum Gasteiger partial charge on any atom is -0.307 e. The van der Waals surface area contributed by atoms with Gasteiger partial charge in [-0.05, 0) is 39.4 Å². The Hall–Kier alpha value is 0.690. The first-order chi connectivity index (χ1) is 4.66. The minimum absolute atomic E-state index is 0.710. The van der Waals surface area contributed by atoms with E-state index >= 15 is 0 Å². The van der Waals surface area contributed by atoms with Gasteiger partial charge in [0.1, 0.15) is 0 Å². The molecule has 1 fully saturated rings. The fourth-order valence-corrected chi connectivity index (χ4v) is 1.45. The predicted molar refractivity (Wildman–Crippen MR) is 53.8 cm³/mol. The molecule has 1 nitrogen and oxygen atoms in total. The smallest absolute Gasteiger partial charge is 0.0235 e. The van der Waals surface area contributed by atoms with Crippen LogP contribution in [0, 0.1) is 0 Å². The highest BCUT2D eigenvalue weighted by Crippen LogP contribution is 2.47. The Morgan fingerprint density at radius 3 is 2.50 bits per heavy atom. The van der Waals surface area contributed by atoms with Crippen LogP contribution >= 0.6 is 22.6 Å². The first-order valence-electron chi connectivity index (χ1n) is 4.04. The summed E-state index contributed by atoms with van der Waals surface area (Å²) in [7, 11) is 2.20. The monoisotopic (exact) mass is 253 g/mol. The maximum absolute atomic E-state index is 2.61. The summed E-state index contributed by atoms with van der Waals surface area (Å²) in [6.07, 6.45) is 4.29. The van der Waals surface area contributed by atoms with E-state index in [9.17, 15) is 0 Å². The number of hydrogen-bond donors (Lipinski definition) is 0. The fraction of sp³-hybridized carbons (Fsp3) is 1.00. The van der Waals surface area contributed by atoms with Crippen LogP contribution in [0.5, 0.6) is 0 Å². The zero-order chi connectivity index (χ0) is 7.61. The molecule has 10 heavy (non-hydrogen) atoms. The lowest BCUT2D eigenvalue weighted by atomic mass is 10.3. The van der Waals surface area contributed by atoms with E-state index in [0.29, 0.717) is 3.42 Å². The average molecular weight is 253 g/mol. The second-order valence-corrected chi connectivity index (χ2v) is 5.59. The van der Waals surface area contributed by atoms with Gasteiger partial charge in [0.05, 0.1) is 0 Å². The van der Waals surface area contributed by atoms with Gasteiger partial charge in [-0.2, -0.15) is 0 Å². The standard InChI is InChI=1S/C8H16IN/c1-3-10(2)7-6-8(9)4-5-8/h3-7H2,1-2H3. The lowest BCUT2D eigenvalue weighted by molar-refractivity contribution is 0.345. The van der Waals surface area contributed by atoms with Crippen LogP contribution in [0.15, 0.2) is 0 Å². The second-order valence-electron chi connectivity index (χ2n) is 3.30. The normalized spacial score (nSPS) is 21.6. The van der Waals surface area contributed by atoms with Crippen LogP contribution in [0.1, 0.15) is 26.2 Å². The van der Waals surface area contributed by atoms with E-state index in [-0.39, 0.29) is 0 Å². The summed E-state index contributed by atoms with van der Waals surface area (Å²) in [4.78, 5) is 2.39. The van der Waals surface area contributed by atoms with Gasteiger partial charge >= 0.3 is 0 Å². The Morgan fingerprint density at radius 1 is 1.50 bits per heavy atom. The molecule has 0 amide bonds. The largest absolute Gasteiger partial charge is 0.307 e. The van der Waals surface area contributed by atoms with Gasteiger partial charge in [-0.25, -0.2) is 0 Å². The molecule has 1 aliphatic rings. The summed E-state index contributed by atoms with van der Waals surface area (Å²) < 4.78 is 0.710. The van der Waals surface area contributed by atoms with Gasteiger partial charge in [-0.3, -0.25) is 0 Å². The second kappa shape index (κ2) is 3.39. The third-order valence-corrected chi connectivity index (χ3v) is 3.89. The highest BCUT2D eigenvalue weighted by molar-refractivity contribution is 14.1. The molecule has 1 saturated carbocycles. The fourth-order valence-electron chi connectivity index (χ4n) is 0.935. The summed E-state index contributed by atoms with van der Waals surface area (Å²) in [5.74, 6) is 0. The van der Waals surface area contributed by atoms with Crippen LogP contribution < -0.4 is 0 Å². The maximum atomic E-state index is 2.61. The molecule has 60 valence electrons. The van der Waals surface area contributed by atoms with Crippen LogP contribution in [0.25, 0.3) is 0 Å². The Labute approximate surface area is 77.3 Å². The van der Waals surface area contributed by atoms with Crippen LogP contribution in [-0.4, -0.2) is 28.5 Å². The van der Waals surface area contributed by atoms with Gasteiger partial charge < -0.3 is 4.90 Å². The van der Waals surface area contributed by atoms with Crippen molar-refractivity contribution in [1.29, 1.82) is 0 Å². The zero-order valence-electron chi connectivity index (χ0n) is 6.86. The number of rotatable bonds is 4. The number of halogens is 1.